The first kappa shape index (κ1) is 51.6. The number of hydrogen-bond acceptors (Lipinski definition) is 8. The van der Waals surface area contributed by atoms with Gasteiger partial charge in [-0.3, -0.25) is 23.2 Å². The van der Waals surface area contributed by atoms with Gasteiger partial charge in [-0.1, -0.05) is 229 Å². The van der Waals surface area contributed by atoms with Crippen molar-refractivity contribution < 1.29 is 37.2 Å². The van der Waals surface area contributed by atoms with Gasteiger partial charge in [0.25, 0.3) is 0 Å². The lowest BCUT2D eigenvalue weighted by Crippen LogP contribution is -2.29. The van der Waals surface area contributed by atoms with Crippen molar-refractivity contribution in [2.45, 2.75) is 213 Å². The maximum atomic E-state index is 13.9. The lowest BCUT2D eigenvalue weighted by Gasteiger charge is -2.22. The zero-order valence-electron chi connectivity index (χ0n) is 36.7. The molecule has 0 fully saturated rings. The van der Waals surface area contributed by atoms with E-state index in [1.807, 2.05) is 60.7 Å². The molecule has 2 aromatic rings. The summed E-state index contributed by atoms with van der Waals surface area (Å²) in [6.07, 6.45) is 31.4. The van der Waals surface area contributed by atoms with E-state index in [0.29, 0.717) is 6.42 Å². The standard InChI is InChI=1S/C49H81O8P/c1-3-5-7-9-11-13-15-17-19-21-23-25-33-39-48(50)53-43-47(57-49(51)40-34-26-24-22-20-18-16-14-12-10-8-6-4-2)44-56-58(52,54-41-45-35-29-27-30-36-45)55-42-46-37-31-28-32-38-46/h27-32,35-38,47H,3-26,33-34,39-44H2,1-2H3/t47-/m1/s1. The molecule has 0 aliphatic rings. The number of carbonyl (C=O) groups excluding carboxylic acids is 2. The predicted octanol–water partition coefficient (Wildman–Crippen LogP) is 15.0. The molecule has 0 spiro atoms. The quantitative estimate of drug-likeness (QED) is 0.0372. The van der Waals surface area contributed by atoms with E-state index in [0.717, 1.165) is 49.7 Å². The Labute approximate surface area is 353 Å². The van der Waals surface area contributed by atoms with Gasteiger partial charge in [0.1, 0.15) is 6.61 Å². The SMILES string of the molecule is CCCCCCCCCCCCCCCC(=O)OC[C@H](COP(=O)(OCc1ccccc1)OCc1ccccc1)OC(=O)CCCCCCCCCCCCCCC. The van der Waals surface area contributed by atoms with Gasteiger partial charge in [0.05, 0.1) is 19.8 Å². The summed E-state index contributed by atoms with van der Waals surface area (Å²) in [6, 6.07) is 18.7. The van der Waals surface area contributed by atoms with E-state index in [9.17, 15) is 14.2 Å². The van der Waals surface area contributed by atoms with E-state index in [1.165, 1.54) is 128 Å². The van der Waals surface area contributed by atoms with Crippen molar-refractivity contribution in [2.24, 2.45) is 0 Å². The van der Waals surface area contributed by atoms with Crippen LogP contribution in [0.2, 0.25) is 0 Å². The van der Waals surface area contributed by atoms with Crippen LogP contribution in [0.3, 0.4) is 0 Å². The molecular formula is C49H81O8P. The molecule has 0 aliphatic heterocycles. The fourth-order valence-electron chi connectivity index (χ4n) is 6.94. The van der Waals surface area contributed by atoms with Gasteiger partial charge in [-0.05, 0) is 24.0 Å². The van der Waals surface area contributed by atoms with Crippen LogP contribution in [0.4, 0.5) is 0 Å². The molecule has 0 aliphatic carbocycles. The molecule has 0 N–H and O–H groups in total. The van der Waals surface area contributed by atoms with Crippen LogP contribution >= 0.6 is 7.82 Å². The van der Waals surface area contributed by atoms with Gasteiger partial charge in [0, 0.05) is 12.8 Å². The molecule has 2 aromatic carbocycles. The lowest BCUT2D eigenvalue weighted by atomic mass is 10.0. The summed E-state index contributed by atoms with van der Waals surface area (Å²) in [4.78, 5) is 25.8. The number of esters is 2. The van der Waals surface area contributed by atoms with Crippen molar-refractivity contribution in [1.82, 2.24) is 0 Å². The Morgan fingerprint density at radius 1 is 0.448 bits per heavy atom. The topological polar surface area (TPSA) is 97.4 Å². The fourth-order valence-corrected chi connectivity index (χ4v) is 8.12. The molecule has 0 saturated heterocycles. The Morgan fingerprint density at radius 2 is 0.793 bits per heavy atom. The van der Waals surface area contributed by atoms with Crippen LogP contribution in [0, 0.1) is 0 Å². The van der Waals surface area contributed by atoms with E-state index >= 15 is 0 Å². The van der Waals surface area contributed by atoms with Crippen LogP contribution in [0.1, 0.15) is 205 Å². The number of hydrogen-bond donors (Lipinski definition) is 0. The maximum absolute atomic E-state index is 13.9. The normalized spacial score (nSPS) is 12.1. The number of ether oxygens (including phenoxy) is 2. The summed E-state index contributed by atoms with van der Waals surface area (Å²) < 4.78 is 42.6. The molecule has 0 aromatic heterocycles. The Morgan fingerprint density at radius 3 is 1.17 bits per heavy atom. The smallest absolute Gasteiger partial charge is 0.462 e. The average molecular weight is 829 g/mol. The second-order valence-corrected chi connectivity index (χ2v) is 17.7. The molecular weight excluding hydrogens is 748 g/mol. The number of phosphoric acid groups is 1. The summed E-state index contributed by atoms with van der Waals surface area (Å²) in [5.41, 5.74) is 1.61. The minimum Gasteiger partial charge on any atom is -0.462 e. The van der Waals surface area contributed by atoms with Crippen LogP contribution in [0.5, 0.6) is 0 Å². The highest BCUT2D eigenvalue weighted by atomic mass is 31.2. The van der Waals surface area contributed by atoms with Crippen molar-refractivity contribution in [3.63, 3.8) is 0 Å². The highest BCUT2D eigenvalue weighted by Crippen LogP contribution is 2.51. The lowest BCUT2D eigenvalue weighted by molar-refractivity contribution is -0.161. The summed E-state index contributed by atoms with van der Waals surface area (Å²) in [5, 5.41) is 0. The number of phosphoric ester groups is 1. The first-order valence-electron chi connectivity index (χ1n) is 23.4. The van der Waals surface area contributed by atoms with Crippen molar-refractivity contribution in [1.29, 1.82) is 0 Å². The van der Waals surface area contributed by atoms with Crippen molar-refractivity contribution >= 4 is 19.8 Å². The van der Waals surface area contributed by atoms with Gasteiger partial charge in [-0.25, -0.2) is 4.57 Å². The second kappa shape index (κ2) is 36.4. The fraction of sp³-hybridized carbons (Fsp3) is 0.714. The van der Waals surface area contributed by atoms with Crippen molar-refractivity contribution in [3.8, 4) is 0 Å². The summed E-state index contributed by atoms with van der Waals surface area (Å²) in [5.74, 6) is -0.737. The van der Waals surface area contributed by atoms with E-state index in [-0.39, 0.29) is 38.8 Å². The largest absolute Gasteiger partial charge is 0.475 e. The first-order chi connectivity index (χ1) is 28.4. The molecule has 0 saturated carbocycles. The maximum Gasteiger partial charge on any atom is 0.475 e. The van der Waals surface area contributed by atoms with E-state index in [1.54, 1.807) is 0 Å². The molecule has 2 rings (SSSR count). The zero-order chi connectivity index (χ0) is 41.6. The summed E-state index contributed by atoms with van der Waals surface area (Å²) in [7, 11) is -4.12. The number of benzene rings is 2. The first-order valence-corrected chi connectivity index (χ1v) is 24.9. The van der Waals surface area contributed by atoms with E-state index in [4.69, 9.17) is 23.0 Å². The van der Waals surface area contributed by atoms with E-state index in [2.05, 4.69) is 13.8 Å². The highest BCUT2D eigenvalue weighted by molar-refractivity contribution is 7.48. The van der Waals surface area contributed by atoms with Crippen LogP contribution in [0.25, 0.3) is 0 Å². The van der Waals surface area contributed by atoms with Crippen LogP contribution in [0.15, 0.2) is 60.7 Å². The van der Waals surface area contributed by atoms with Gasteiger partial charge in [0.2, 0.25) is 0 Å². The van der Waals surface area contributed by atoms with Crippen LogP contribution < -0.4 is 0 Å². The number of carbonyl (C=O) groups is 2. The van der Waals surface area contributed by atoms with Crippen LogP contribution in [-0.4, -0.2) is 31.3 Å². The monoisotopic (exact) mass is 829 g/mol. The van der Waals surface area contributed by atoms with Gasteiger partial charge in [-0.15, -0.1) is 0 Å². The third-order valence-electron chi connectivity index (χ3n) is 10.6. The molecule has 330 valence electrons. The minimum absolute atomic E-state index is 0.00448. The summed E-state index contributed by atoms with van der Waals surface area (Å²) >= 11 is 0. The zero-order valence-corrected chi connectivity index (χ0v) is 37.6. The molecule has 0 unspecified atom stereocenters. The molecule has 0 bridgehead atoms. The highest BCUT2D eigenvalue weighted by Gasteiger charge is 2.30. The molecule has 9 heteroatoms. The molecule has 8 nitrogen and oxygen atoms in total. The van der Waals surface area contributed by atoms with E-state index < -0.39 is 19.9 Å². The molecule has 0 heterocycles. The third-order valence-corrected chi connectivity index (χ3v) is 11.9. The predicted molar refractivity (Wildman–Crippen MR) is 237 cm³/mol. The van der Waals surface area contributed by atoms with Gasteiger partial charge < -0.3 is 9.47 Å². The number of unbranched alkanes of at least 4 members (excludes halogenated alkanes) is 24. The molecule has 0 radical (unpaired) electrons. The third kappa shape index (κ3) is 29.7. The summed E-state index contributed by atoms with van der Waals surface area (Å²) in [6.45, 7) is 4.02. The van der Waals surface area contributed by atoms with Gasteiger partial charge in [0.15, 0.2) is 6.10 Å². The Hall–Kier alpha value is -2.51. The Kier molecular flexibility index (Phi) is 32.4. The van der Waals surface area contributed by atoms with Crippen molar-refractivity contribution in [2.75, 3.05) is 13.2 Å². The van der Waals surface area contributed by atoms with Gasteiger partial charge >= 0.3 is 19.8 Å². The minimum atomic E-state index is -4.12. The Bertz CT molecular complexity index is 1240. The number of rotatable bonds is 40. The van der Waals surface area contributed by atoms with Crippen molar-refractivity contribution in [3.05, 3.63) is 71.8 Å². The van der Waals surface area contributed by atoms with Crippen LogP contribution in [-0.2, 0) is 50.4 Å². The Balaban J connectivity index is 1.81. The van der Waals surface area contributed by atoms with Gasteiger partial charge in [-0.2, -0.15) is 0 Å². The average Bonchev–Trinajstić information content (AvgIpc) is 3.24. The molecule has 0 amide bonds. The molecule has 58 heavy (non-hydrogen) atoms. The second-order valence-electron chi connectivity index (χ2n) is 16.0. The molecule has 1 atom stereocenters.